The van der Waals surface area contributed by atoms with E-state index in [1.54, 1.807) is 0 Å². The van der Waals surface area contributed by atoms with Crippen LogP contribution in [0.4, 0.5) is 17.6 Å². The van der Waals surface area contributed by atoms with E-state index in [0.717, 1.165) is 12.3 Å². The molecule has 0 atom stereocenters. The molecule has 21 heavy (non-hydrogen) atoms. The molecule has 0 aliphatic heterocycles. The van der Waals surface area contributed by atoms with Crippen LogP contribution in [0.2, 0.25) is 0 Å². The molecule has 0 aliphatic carbocycles. The lowest BCUT2D eigenvalue weighted by Gasteiger charge is -2.23. The van der Waals surface area contributed by atoms with Gasteiger partial charge in [0, 0.05) is 6.20 Å². The molecule has 1 amide bonds. The van der Waals surface area contributed by atoms with Crippen molar-refractivity contribution in [3.8, 4) is 0 Å². The SMILES string of the molecule is O=C(c1cccnc1F)N(Cc1ccco1)CC(F)(F)F. The molecular formula is C13H10F4N2O2. The predicted molar refractivity (Wildman–Crippen MR) is 63.7 cm³/mol. The number of hydrogen-bond donors (Lipinski definition) is 0. The molecule has 4 nitrogen and oxygen atoms in total. The summed E-state index contributed by atoms with van der Waals surface area (Å²) in [7, 11) is 0. The van der Waals surface area contributed by atoms with Gasteiger partial charge in [0.2, 0.25) is 5.95 Å². The molecule has 0 N–H and O–H groups in total. The zero-order chi connectivity index (χ0) is 15.5. The minimum Gasteiger partial charge on any atom is -0.467 e. The summed E-state index contributed by atoms with van der Waals surface area (Å²) in [6, 6.07) is 5.26. The van der Waals surface area contributed by atoms with Gasteiger partial charge in [-0.05, 0) is 24.3 Å². The fourth-order valence-corrected chi connectivity index (χ4v) is 1.72. The average Bonchev–Trinajstić information content (AvgIpc) is 2.89. The maximum Gasteiger partial charge on any atom is 0.406 e. The molecule has 0 unspecified atom stereocenters. The first-order valence-electron chi connectivity index (χ1n) is 5.86. The van der Waals surface area contributed by atoms with Gasteiger partial charge < -0.3 is 9.32 Å². The maximum absolute atomic E-state index is 13.4. The van der Waals surface area contributed by atoms with Crippen molar-refractivity contribution >= 4 is 5.91 Å². The lowest BCUT2D eigenvalue weighted by atomic mass is 10.2. The van der Waals surface area contributed by atoms with Crippen molar-refractivity contribution in [2.75, 3.05) is 6.54 Å². The Kier molecular flexibility index (Phi) is 4.25. The molecule has 0 saturated heterocycles. The summed E-state index contributed by atoms with van der Waals surface area (Å²) in [6.45, 7) is -1.93. The number of pyridine rings is 1. The van der Waals surface area contributed by atoms with Crippen LogP contribution in [-0.2, 0) is 6.54 Å². The fraction of sp³-hybridized carbons (Fsp3) is 0.231. The summed E-state index contributed by atoms with van der Waals surface area (Å²) in [5.41, 5.74) is -0.520. The number of carbonyl (C=O) groups excluding carboxylic acids is 1. The Morgan fingerprint density at radius 2 is 2.05 bits per heavy atom. The fourth-order valence-electron chi connectivity index (χ4n) is 1.72. The van der Waals surface area contributed by atoms with Gasteiger partial charge in [-0.15, -0.1) is 0 Å². The summed E-state index contributed by atoms with van der Waals surface area (Å²) >= 11 is 0. The highest BCUT2D eigenvalue weighted by molar-refractivity contribution is 5.94. The molecule has 0 fully saturated rings. The van der Waals surface area contributed by atoms with Crippen LogP contribution < -0.4 is 0 Å². The number of carbonyl (C=O) groups is 1. The van der Waals surface area contributed by atoms with Crippen LogP contribution in [0.25, 0.3) is 0 Å². The molecule has 0 saturated carbocycles. The highest BCUT2D eigenvalue weighted by atomic mass is 19.4. The van der Waals surface area contributed by atoms with Crippen LogP contribution in [0, 0.1) is 5.95 Å². The topological polar surface area (TPSA) is 46.3 Å². The molecule has 0 aliphatic rings. The summed E-state index contributed by atoms with van der Waals surface area (Å²) in [4.78, 5) is 15.8. The van der Waals surface area contributed by atoms with Crippen molar-refractivity contribution in [1.29, 1.82) is 0 Å². The van der Waals surface area contributed by atoms with Gasteiger partial charge in [0.05, 0.1) is 18.4 Å². The first-order valence-corrected chi connectivity index (χ1v) is 5.86. The molecule has 0 bridgehead atoms. The van der Waals surface area contributed by atoms with Crippen molar-refractivity contribution in [3.63, 3.8) is 0 Å². The van der Waals surface area contributed by atoms with Gasteiger partial charge in [-0.25, -0.2) is 4.98 Å². The normalized spacial score (nSPS) is 11.4. The Labute approximate surface area is 117 Å². The molecule has 0 spiro atoms. The highest BCUT2D eigenvalue weighted by Gasteiger charge is 2.34. The number of aromatic nitrogens is 1. The van der Waals surface area contributed by atoms with Crippen LogP contribution in [-0.4, -0.2) is 28.5 Å². The standard InChI is InChI=1S/C13H10F4N2O2/c14-11-10(4-1-5-18-11)12(20)19(8-13(15,16)17)7-9-3-2-6-21-9/h1-6H,7-8H2. The van der Waals surface area contributed by atoms with E-state index in [1.807, 2.05) is 0 Å². The van der Waals surface area contributed by atoms with Crippen LogP contribution in [0.3, 0.4) is 0 Å². The Morgan fingerprint density at radius 1 is 1.29 bits per heavy atom. The van der Waals surface area contributed by atoms with E-state index in [1.165, 1.54) is 24.5 Å². The van der Waals surface area contributed by atoms with E-state index in [4.69, 9.17) is 4.42 Å². The molecular weight excluding hydrogens is 292 g/mol. The zero-order valence-corrected chi connectivity index (χ0v) is 10.6. The molecule has 2 rings (SSSR count). The second-order valence-electron chi connectivity index (χ2n) is 4.20. The Morgan fingerprint density at radius 3 is 2.62 bits per heavy atom. The number of nitrogens with zero attached hydrogens (tertiary/aromatic N) is 2. The van der Waals surface area contributed by atoms with Crippen LogP contribution >= 0.6 is 0 Å². The average molecular weight is 302 g/mol. The van der Waals surface area contributed by atoms with Gasteiger partial charge >= 0.3 is 6.18 Å². The van der Waals surface area contributed by atoms with Gasteiger partial charge in [-0.3, -0.25) is 4.79 Å². The lowest BCUT2D eigenvalue weighted by Crippen LogP contribution is -2.38. The van der Waals surface area contributed by atoms with E-state index >= 15 is 0 Å². The molecule has 0 aromatic carbocycles. The Hall–Kier alpha value is -2.38. The largest absolute Gasteiger partial charge is 0.467 e. The number of rotatable bonds is 4. The molecule has 2 aromatic rings. The molecule has 0 radical (unpaired) electrons. The van der Waals surface area contributed by atoms with Gasteiger partial charge in [0.15, 0.2) is 0 Å². The van der Waals surface area contributed by atoms with Crippen LogP contribution in [0.15, 0.2) is 41.1 Å². The number of halogens is 4. The summed E-state index contributed by atoms with van der Waals surface area (Å²) in [5, 5.41) is 0. The van der Waals surface area contributed by atoms with E-state index in [2.05, 4.69) is 4.98 Å². The second-order valence-corrected chi connectivity index (χ2v) is 4.20. The molecule has 2 heterocycles. The monoisotopic (exact) mass is 302 g/mol. The number of amides is 1. The lowest BCUT2D eigenvalue weighted by molar-refractivity contribution is -0.142. The summed E-state index contributed by atoms with van der Waals surface area (Å²) in [6.07, 6.45) is -2.23. The second kappa shape index (κ2) is 5.94. The third kappa shape index (κ3) is 4.04. The Balaban J connectivity index is 2.26. The van der Waals surface area contributed by atoms with Crippen molar-refractivity contribution in [2.24, 2.45) is 0 Å². The summed E-state index contributed by atoms with van der Waals surface area (Å²) in [5.74, 6) is -2.06. The number of alkyl halides is 3. The van der Waals surface area contributed by atoms with Crippen LogP contribution in [0.1, 0.15) is 16.1 Å². The molecule has 2 aromatic heterocycles. The van der Waals surface area contributed by atoms with Crippen molar-refractivity contribution < 1.29 is 26.8 Å². The maximum atomic E-state index is 13.4. The first-order chi connectivity index (χ1) is 9.87. The number of furan rings is 1. The predicted octanol–water partition coefficient (Wildman–Crippen LogP) is 3.02. The van der Waals surface area contributed by atoms with E-state index in [-0.39, 0.29) is 5.76 Å². The third-order valence-electron chi connectivity index (χ3n) is 2.57. The number of hydrogen-bond acceptors (Lipinski definition) is 3. The van der Waals surface area contributed by atoms with E-state index in [0.29, 0.717) is 4.90 Å². The van der Waals surface area contributed by atoms with E-state index in [9.17, 15) is 22.4 Å². The van der Waals surface area contributed by atoms with Crippen molar-refractivity contribution in [1.82, 2.24) is 9.88 Å². The first kappa shape index (κ1) is 15.0. The van der Waals surface area contributed by atoms with Gasteiger partial charge in [0.1, 0.15) is 12.3 Å². The van der Waals surface area contributed by atoms with Crippen molar-refractivity contribution in [3.05, 3.63) is 54.0 Å². The van der Waals surface area contributed by atoms with Gasteiger partial charge in [-0.2, -0.15) is 17.6 Å². The molecule has 112 valence electrons. The van der Waals surface area contributed by atoms with Crippen molar-refractivity contribution in [2.45, 2.75) is 12.7 Å². The smallest absolute Gasteiger partial charge is 0.406 e. The third-order valence-corrected chi connectivity index (χ3v) is 2.57. The Bertz CT molecular complexity index is 611. The van der Waals surface area contributed by atoms with Crippen LogP contribution in [0.5, 0.6) is 0 Å². The zero-order valence-electron chi connectivity index (χ0n) is 10.6. The minimum absolute atomic E-state index is 0.164. The van der Waals surface area contributed by atoms with Gasteiger partial charge in [0.25, 0.3) is 5.91 Å². The van der Waals surface area contributed by atoms with Gasteiger partial charge in [-0.1, -0.05) is 0 Å². The quantitative estimate of drug-likeness (QED) is 0.644. The van der Waals surface area contributed by atoms with E-state index < -0.39 is 36.7 Å². The summed E-state index contributed by atoms with van der Waals surface area (Å²) < 4.78 is 56.1. The minimum atomic E-state index is -4.61. The highest BCUT2D eigenvalue weighted by Crippen LogP contribution is 2.20. The molecule has 8 heteroatoms.